The van der Waals surface area contributed by atoms with Crippen LogP contribution in [0.3, 0.4) is 0 Å². The molecule has 23 heavy (non-hydrogen) atoms. The van der Waals surface area contributed by atoms with E-state index in [0.29, 0.717) is 0 Å². The van der Waals surface area contributed by atoms with E-state index in [-0.39, 0.29) is 5.60 Å². The van der Waals surface area contributed by atoms with Crippen LogP contribution in [0.1, 0.15) is 81.8 Å². The highest BCUT2D eigenvalue weighted by Gasteiger charge is 2.49. The van der Waals surface area contributed by atoms with Crippen molar-refractivity contribution in [2.45, 2.75) is 89.6 Å². The van der Waals surface area contributed by atoms with Crippen LogP contribution in [0.4, 0.5) is 0 Å². The summed E-state index contributed by atoms with van der Waals surface area (Å²) >= 11 is 0. The van der Waals surface area contributed by atoms with Gasteiger partial charge in [-0.05, 0) is 68.9 Å². The Hall–Kier alpha value is -0.980. The highest BCUT2D eigenvalue weighted by molar-refractivity contribution is 5.39. The number of hydrogen-bond donors (Lipinski definition) is 0. The standard InChI is InChI=1S/C22H32O/c1-17-12-13-21-18(16-17)14-15-22(23-21,19-8-4-2-5-9-19)20-10-6-3-7-11-20/h12-13,16,19-20H,2-11,14-15H2,1H3. The van der Waals surface area contributed by atoms with Crippen LogP contribution >= 0.6 is 0 Å². The number of benzene rings is 1. The maximum Gasteiger partial charge on any atom is 0.123 e. The molecule has 2 saturated carbocycles. The van der Waals surface area contributed by atoms with E-state index in [0.717, 1.165) is 11.8 Å². The van der Waals surface area contributed by atoms with Gasteiger partial charge in [0.25, 0.3) is 0 Å². The van der Waals surface area contributed by atoms with Gasteiger partial charge in [0, 0.05) is 0 Å². The summed E-state index contributed by atoms with van der Waals surface area (Å²) in [7, 11) is 0. The molecule has 0 unspecified atom stereocenters. The van der Waals surface area contributed by atoms with Crippen molar-refractivity contribution in [3.63, 3.8) is 0 Å². The average Bonchev–Trinajstić information content (AvgIpc) is 2.63. The summed E-state index contributed by atoms with van der Waals surface area (Å²) in [5.41, 5.74) is 2.98. The molecule has 1 aliphatic heterocycles. The summed E-state index contributed by atoms with van der Waals surface area (Å²) < 4.78 is 6.95. The lowest BCUT2D eigenvalue weighted by molar-refractivity contribution is -0.0836. The summed E-state index contributed by atoms with van der Waals surface area (Å²) in [4.78, 5) is 0. The first-order chi connectivity index (χ1) is 11.3. The zero-order valence-electron chi connectivity index (χ0n) is 14.8. The molecule has 126 valence electrons. The molecule has 2 aliphatic carbocycles. The van der Waals surface area contributed by atoms with E-state index in [1.165, 1.54) is 93.9 Å². The lowest BCUT2D eigenvalue weighted by Crippen LogP contribution is -2.53. The second kappa shape index (κ2) is 6.49. The van der Waals surface area contributed by atoms with E-state index in [4.69, 9.17) is 4.74 Å². The van der Waals surface area contributed by atoms with Gasteiger partial charge >= 0.3 is 0 Å². The summed E-state index contributed by atoms with van der Waals surface area (Å²) in [6, 6.07) is 6.84. The molecule has 0 bridgehead atoms. The minimum absolute atomic E-state index is 0.156. The van der Waals surface area contributed by atoms with Crippen LogP contribution in [0, 0.1) is 18.8 Å². The Morgan fingerprint density at radius 2 is 1.48 bits per heavy atom. The Balaban J connectivity index is 1.66. The molecule has 0 amide bonds. The fourth-order valence-electron chi connectivity index (χ4n) is 5.68. The van der Waals surface area contributed by atoms with Crippen molar-refractivity contribution in [2.24, 2.45) is 11.8 Å². The lowest BCUT2D eigenvalue weighted by Gasteiger charge is -2.51. The van der Waals surface area contributed by atoms with E-state index in [1.807, 2.05) is 0 Å². The quantitative estimate of drug-likeness (QED) is 0.630. The van der Waals surface area contributed by atoms with Gasteiger partial charge in [-0.15, -0.1) is 0 Å². The minimum Gasteiger partial charge on any atom is -0.486 e. The van der Waals surface area contributed by atoms with Gasteiger partial charge < -0.3 is 4.74 Å². The second-order valence-electron chi connectivity index (χ2n) is 8.34. The first-order valence-corrected chi connectivity index (χ1v) is 10.1. The van der Waals surface area contributed by atoms with Gasteiger partial charge in [-0.3, -0.25) is 0 Å². The van der Waals surface area contributed by atoms with Crippen LogP contribution in [0.15, 0.2) is 18.2 Å². The van der Waals surface area contributed by atoms with Crippen molar-refractivity contribution in [2.75, 3.05) is 0 Å². The van der Waals surface area contributed by atoms with Crippen LogP contribution in [-0.4, -0.2) is 5.60 Å². The van der Waals surface area contributed by atoms with Crippen molar-refractivity contribution < 1.29 is 4.74 Å². The summed E-state index contributed by atoms with van der Waals surface area (Å²) in [5.74, 6) is 2.81. The van der Waals surface area contributed by atoms with E-state index < -0.39 is 0 Å². The Kier molecular flexibility index (Phi) is 4.39. The van der Waals surface area contributed by atoms with Gasteiger partial charge in [0.05, 0.1) is 0 Å². The van der Waals surface area contributed by atoms with Crippen LogP contribution in [0.25, 0.3) is 0 Å². The molecule has 3 aliphatic rings. The molecular formula is C22H32O. The fraction of sp³-hybridized carbons (Fsp3) is 0.727. The second-order valence-corrected chi connectivity index (χ2v) is 8.34. The topological polar surface area (TPSA) is 9.23 Å². The Morgan fingerprint density at radius 3 is 2.09 bits per heavy atom. The molecule has 1 heterocycles. The van der Waals surface area contributed by atoms with Crippen molar-refractivity contribution in [1.29, 1.82) is 0 Å². The van der Waals surface area contributed by atoms with Gasteiger partial charge in [-0.1, -0.05) is 56.2 Å². The third kappa shape index (κ3) is 2.92. The third-order valence-electron chi connectivity index (χ3n) is 6.89. The maximum atomic E-state index is 6.95. The van der Waals surface area contributed by atoms with Crippen molar-refractivity contribution in [1.82, 2.24) is 0 Å². The van der Waals surface area contributed by atoms with Crippen molar-refractivity contribution in [3.8, 4) is 5.75 Å². The predicted molar refractivity (Wildman–Crippen MR) is 96.0 cm³/mol. The monoisotopic (exact) mass is 312 g/mol. The number of hydrogen-bond acceptors (Lipinski definition) is 1. The van der Waals surface area contributed by atoms with Crippen LogP contribution in [-0.2, 0) is 6.42 Å². The SMILES string of the molecule is Cc1ccc2c(c1)CCC(C1CCCCC1)(C1CCCCC1)O2. The van der Waals surface area contributed by atoms with E-state index in [9.17, 15) is 0 Å². The molecule has 1 aromatic rings. The number of ether oxygens (including phenoxy) is 1. The van der Waals surface area contributed by atoms with Crippen LogP contribution in [0.2, 0.25) is 0 Å². The summed E-state index contributed by atoms with van der Waals surface area (Å²) in [6.45, 7) is 2.20. The zero-order chi connectivity index (χ0) is 15.7. The average molecular weight is 312 g/mol. The molecule has 2 fully saturated rings. The molecule has 0 aromatic heterocycles. The molecule has 0 spiro atoms. The van der Waals surface area contributed by atoms with E-state index >= 15 is 0 Å². The minimum atomic E-state index is 0.156. The van der Waals surface area contributed by atoms with Crippen LogP contribution in [0.5, 0.6) is 5.75 Å². The number of fused-ring (bicyclic) bond motifs is 1. The fourth-order valence-corrected chi connectivity index (χ4v) is 5.68. The Bertz CT molecular complexity index is 517. The molecule has 0 atom stereocenters. The molecule has 4 rings (SSSR count). The molecular weight excluding hydrogens is 280 g/mol. The van der Waals surface area contributed by atoms with Gasteiger partial charge in [0.15, 0.2) is 0 Å². The maximum absolute atomic E-state index is 6.95. The van der Waals surface area contributed by atoms with Gasteiger partial charge in [0.1, 0.15) is 11.4 Å². The highest BCUT2D eigenvalue weighted by atomic mass is 16.5. The molecule has 0 N–H and O–H groups in total. The van der Waals surface area contributed by atoms with Crippen LogP contribution < -0.4 is 4.74 Å². The van der Waals surface area contributed by atoms with Crippen molar-refractivity contribution >= 4 is 0 Å². The zero-order valence-corrected chi connectivity index (χ0v) is 14.8. The third-order valence-corrected chi connectivity index (χ3v) is 6.89. The van der Waals surface area contributed by atoms with Gasteiger partial charge in [-0.25, -0.2) is 0 Å². The molecule has 0 radical (unpaired) electrons. The van der Waals surface area contributed by atoms with Crippen molar-refractivity contribution in [3.05, 3.63) is 29.3 Å². The summed E-state index contributed by atoms with van der Waals surface area (Å²) in [5, 5.41) is 0. The first-order valence-electron chi connectivity index (χ1n) is 10.1. The smallest absolute Gasteiger partial charge is 0.123 e. The van der Waals surface area contributed by atoms with E-state index in [2.05, 4.69) is 25.1 Å². The largest absolute Gasteiger partial charge is 0.486 e. The normalized spacial score (nSPS) is 25.6. The Morgan fingerprint density at radius 1 is 0.870 bits per heavy atom. The first kappa shape index (κ1) is 15.5. The van der Waals surface area contributed by atoms with Gasteiger partial charge in [-0.2, -0.15) is 0 Å². The van der Waals surface area contributed by atoms with E-state index in [1.54, 1.807) is 0 Å². The number of aryl methyl sites for hydroxylation is 2. The summed E-state index contributed by atoms with van der Waals surface area (Å²) in [6.07, 6.45) is 16.6. The Labute approximate surface area is 141 Å². The molecule has 1 nitrogen and oxygen atoms in total. The number of rotatable bonds is 2. The van der Waals surface area contributed by atoms with Gasteiger partial charge in [0.2, 0.25) is 0 Å². The lowest BCUT2D eigenvalue weighted by atomic mass is 9.63. The highest BCUT2D eigenvalue weighted by Crippen LogP contribution is 2.50. The molecule has 1 aromatic carbocycles. The molecule has 0 saturated heterocycles. The molecule has 1 heteroatoms. The predicted octanol–water partition coefficient (Wildman–Crippen LogP) is 6.22.